The van der Waals surface area contributed by atoms with Crippen LogP contribution in [0.15, 0.2) is 84.3 Å². The number of rotatable bonds is 11. The Bertz CT molecular complexity index is 1830. The monoisotopic (exact) mass is 678 g/mol. The highest BCUT2D eigenvalue weighted by Crippen LogP contribution is 2.45. The van der Waals surface area contributed by atoms with E-state index >= 15 is 0 Å². The number of hydrogen-bond acceptors (Lipinski definition) is 8. The summed E-state index contributed by atoms with van der Waals surface area (Å²) in [5.74, 6) is 0.470. The van der Waals surface area contributed by atoms with Gasteiger partial charge in [0.15, 0.2) is 17.2 Å². The SMILES string of the molecule is CCCOc1c(Cl)cc(C(=O)Oc2ccc3c(c2)OC(N)=C(C#N)C3c2ccc(OCc3ccccc3Cl)c(OCC)c2)cc1Cl. The number of carbonyl (C=O) groups is 1. The van der Waals surface area contributed by atoms with E-state index in [1.54, 1.807) is 24.3 Å². The molecule has 2 N–H and O–H groups in total. The Morgan fingerprint density at radius 2 is 1.67 bits per heavy atom. The van der Waals surface area contributed by atoms with Crippen LogP contribution >= 0.6 is 34.8 Å². The number of fused-ring (bicyclic) bond motifs is 1. The van der Waals surface area contributed by atoms with Crippen LogP contribution in [0.25, 0.3) is 0 Å². The number of hydrogen-bond donors (Lipinski definition) is 1. The summed E-state index contributed by atoms with van der Waals surface area (Å²) in [7, 11) is 0. The number of ether oxygens (including phenoxy) is 5. The van der Waals surface area contributed by atoms with E-state index in [0.29, 0.717) is 46.8 Å². The molecule has 0 bridgehead atoms. The second kappa shape index (κ2) is 14.7. The van der Waals surface area contributed by atoms with Gasteiger partial charge in [0.1, 0.15) is 29.7 Å². The normalized spacial score (nSPS) is 13.7. The van der Waals surface area contributed by atoms with Crippen LogP contribution in [0.5, 0.6) is 28.7 Å². The first kappa shape index (κ1) is 32.8. The first-order chi connectivity index (χ1) is 22.2. The van der Waals surface area contributed by atoms with Gasteiger partial charge in [0, 0.05) is 22.2 Å². The Hall–Kier alpha value is -4.55. The molecule has 1 heterocycles. The molecule has 0 aliphatic carbocycles. The highest BCUT2D eigenvalue weighted by atomic mass is 35.5. The van der Waals surface area contributed by atoms with Gasteiger partial charge < -0.3 is 29.4 Å². The summed E-state index contributed by atoms with van der Waals surface area (Å²) in [5, 5.41) is 11.0. The number of allylic oxidation sites excluding steroid dienone is 1. The van der Waals surface area contributed by atoms with Crippen LogP contribution in [-0.4, -0.2) is 19.2 Å². The highest BCUT2D eigenvalue weighted by molar-refractivity contribution is 6.37. The molecular weight excluding hydrogens is 651 g/mol. The maximum absolute atomic E-state index is 13.0. The van der Waals surface area contributed by atoms with Gasteiger partial charge in [-0.25, -0.2) is 4.79 Å². The molecule has 0 saturated carbocycles. The molecule has 0 fully saturated rings. The van der Waals surface area contributed by atoms with E-state index in [2.05, 4.69) is 6.07 Å². The number of benzene rings is 4. The quantitative estimate of drug-likeness (QED) is 0.124. The molecule has 1 aliphatic heterocycles. The number of nitrogens with two attached hydrogens (primary N) is 1. The molecule has 46 heavy (non-hydrogen) atoms. The zero-order valence-corrected chi connectivity index (χ0v) is 27.2. The lowest BCUT2D eigenvalue weighted by atomic mass is 9.83. The predicted molar refractivity (Wildman–Crippen MR) is 176 cm³/mol. The number of nitrogens with zero attached hydrogens (tertiary/aromatic N) is 1. The first-order valence-electron chi connectivity index (χ1n) is 14.4. The van der Waals surface area contributed by atoms with Crippen LogP contribution in [0.2, 0.25) is 15.1 Å². The van der Waals surface area contributed by atoms with Gasteiger partial charge >= 0.3 is 5.97 Å². The van der Waals surface area contributed by atoms with E-state index in [-0.39, 0.29) is 39.4 Å². The van der Waals surface area contributed by atoms with Gasteiger partial charge in [-0.2, -0.15) is 5.26 Å². The number of esters is 1. The van der Waals surface area contributed by atoms with Gasteiger partial charge in [-0.15, -0.1) is 0 Å². The van der Waals surface area contributed by atoms with Crippen molar-refractivity contribution >= 4 is 40.8 Å². The molecule has 0 spiro atoms. The Balaban J connectivity index is 1.42. The second-order valence-electron chi connectivity index (χ2n) is 10.2. The Morgan fingerprint density at radius 1 is 0.913 bits per heavy atom. The van der Waals surface area contributed by atoms with Crippen molar-refractivity contribution in [2.24, 2.45) is 5.73 Å². The van der Waals surface area contributed by atoms with Gasteiger partial charge in [-0.1, -0.05) is 72.1 Å². The predicted octanol–water partition coefficient (Wildman–Crippen LogP) is 8.85. The van der Waals surface area contributed by atoms with Crippen molar-refractivity contribution in [1.82, 2.24) is 0 Å². The number of carbonyl (C=O) groups excluding carboxylic acids is 1. The van der Waals surface area contributed by atoms with Gasteiger partial charge in [-0.05, 0) is 55.3 Å². The molecule has 1 unspecified atom stereocenters. The van der Waals surface area contributed by atoms with Gasteiger partial charge in [0.25, 0.3) is 0 Å². The zero-order chi connectivity index (χ0) is 32.8. The lowest BCUT2D eigenvalue weighted by molar-refractivity contribution is 0.0734. The molecular formula is C35H29Cl3N2O6. The summed E-state index contributed by atoms with van der Waals surface area (Å²) in [6.45, 7) is 4.88. The molecule has 0 radical (unpaired) electrons. The third-order valence-electron chi connectivity index (χ3n) is 7.03. The van der Waals surface area contributed by atoms with Crippen molar-refractivity contribution in [2.75, 3.05) is 13.2 Å². The lowest BCUT2D eigenvalue weighted by Gasteiger charge is -2.27. The topological polar surface area (TPSA) is 113 Å². The van der Waals surface area contributed by atoms with Crippen molar-refractivity contribution in [3.05, 3.63) is 122 Å². The molecule has 0 amide bonds. The molecule has 5 rings (SSSR count). The summed E-state index contributed by atoms with van der Waals surface area (Å²) in [6.07, 6.45) is 0.769. The van der Waals surface area contributed by atoms with E-state index in [1.165, 1.54) is 18.2 Å². The van der Waals surface area contributed by atoms with Crippen LogP contribution in [0.3, 0.4) is 0 Å². The summed E-state index contributed by atoms with van der Waals surface area (Å²) in [6, 6.07) is 22.8. The number of nitriles is 1. The van der Waals surface area contributed by atoms with Crippen molar-refractivity contribution < 1.29 is 28.5 Å². The average molecular weight is 680 g/mol. The minimum Gasteiger partial charge on any atom is -0.490 e. The largest absolute Gasteiger partial charge is 0.490 e. The molecule has 1 aliphatic rings. The zero-order valence-electron chi connectivity index (χ0n) is 24.9. The van der Waals surface area contributed by atoms with Crippen LogP contribution in [-0.2, 0) is 6.61 Å². The molecule has 4 aromatic rings. The summed E-state index contributed by atoms with van der Waals surface area (Å²) in [4.78, 5) is 13.0. The van der Waals surface area contributed by atoms with Gasteiger partial charge in [-0.3, -0.25) is 0 Å². The molecule has 11 heteroatoms. The van der Waals surface area contributed by atoms with Crippen molar-refractivity contribution in [2.45, 2.75) is 32.8 Å². The molecule has 1 atom stereocenters. The van der Waals surface area contributed by atoms with E-state index in [0.717, 1.165) is 17.5 Å². The third-order valence-corrected chi connectivity index (χ3v) is 7.96. The number of halogens is 3. The average Bonchev–Trinajstić information content (AvgIpc) is 3.03. The first-order valence-corrected chi connectivity index (χ1v) is 15.6. The Morgan fingerprint density at radius 3 is 2.37 bits per heavy atom. The fourth-order valence-corrected chi connectivity index (χ4v) is 5.68. The maximum atomic E-state index is 13.0. The minimum absolute atomic E-state index is 0.0679. The van der Waals surface area contributed by atoms with Crippen LogP contribution < -0.4 is 29.4 Å². The summed E-state index contributed by atoms with van der Waals surface area (Å²) in [5.41, 5.74) is 8.78. The third kappa shape index (κ3) is 7.13. The van der Waals surface area contributed by atoms with E-state index in [4.69, 9.17) is 64.2 Å². The van der Waals surface area contributed by atoms with E-state index < -0.39 is 11.9 Å². The fraction of sp³-hybridized carbons (Fsp3) is 0.200. The molecule has 236 valence electrons. The van der Waals surface area contributed by atoms with Gasteiger partial charge in [0.2, 0.25) is 5.88 Å². The molecule has 4 aromatic carbocycles. The Labute approximate surface area is 281 Å². The fourth-order valence-electron chi connectivity index (χ4n) is 4.89. The maximum Gasteiger partial charge on any atom is 0.343 e. The van der Waals surface area contributed by atoms with Crippen molar-refractivity contribution in [3.8, 4) is 34.8 Å². The smallest absolute Gasteiger partial charge is 0.343 e. The minimum atomic E-state index is -0.687. The summed E-state index contributed by atoms with van der Waals surface area (Å²) >= 11 is 18.9. The molecule has 8 nitrogen and oxygen atoms in total. The van der Waals surface area contributed by atoms with Crippen LogP contribution in [0.4, 0.5) is 0 Å². The standard InChI is InChI=1S/C35H29Cl3N2O6/c1-3-13-43-33-27(37)14-22(15-28(33)38)35(41)45-23-10-11-24-30(17-23)46-34(40)25(18-39)32(24)20-9-12-29(31(16-20)42-4-2)44-19-21-7-5-6-8-26(21)36/h5-12,14-17,32H,3-4,13,19,40H2,1-2H3. The Kier molecular flexibility index (Phi) is 10.5. The van der Waals surface area contributed by atoms with Crippen LogP contribution in [0.1, 0.15) is 53.2 Å². The van der Waals surface area contributed by atoms with E-state index in [9.17, 15) is 10.1 Å². The van der Waals surface area contributed by atoms with Crippen LogP contribution in [0, 0.1) is 11.3 Å². The summed E-state index contributed by atoms with van der Waals surface area (Å²) < 4.78 is 29.0. The van der Waals surface area contributed by atoms with Crippen molar-refractivity contribution in [3.63, 3.8) is 0 Å². The van der Waals surface area contributed by atoms with Gasteiger partial charge in [0.05, 0.1) is 34.7 Å². The second-order valence-corrected chi connectivity index (χ2v) is 11.4. The highest BCUT2D eigenvalue weighted by Gasteiger charge is 2.32. The van der Waals surface area contributed by atoms with E-state index in [1.807, 2.05) is 44.2 Å². The molecule has 0 aromatic heterocycles. The molecule has 0 saturated heterocycles. The van der Waals surface area contributed by atoms with Crippen molar-refractivity contribution in [1.29, 1.82) is 5.26 Å². The lowest BCUT2D eigenvalue weighted by Crippen LogP contribution is -2.21.